The number of carboxylic acid groups (broad SMARTS) is 1. The highest BCUT2D eigenvalue weighted by Crippen LogP contribution is 2.20. The molecule has 0 aliphatic rings. The standard InChI is InChI=1S/C10H9ClO3/c11-8-4-7(5-9(12)6-8)2-1-3-10(13)14/h1-2,4-6,12H,3H2,(H,13,14). The molecule has 0 bridgehead atoms. The average molecular weight is 213 g/mol. The van der Waals surface area contributed by atoms with E-state index in [1.165, 1.54) is 18.2 Å². The van der Waals surface area contributed by atoms with Gasteiger partial charge in [-0.1, -0.05) is 23.8 Å². The van der Waals surface area contributed by atoms with Crippen LogP contribution in [0.2, 0.25) is 5.02 Å². The second-order valence-electron chi connectivity index (χ2n) is 2.74. The first-order valence-corrected chi connectivity index (χ1v) is 4.33. The molecule has 0 fully saturated rings. The lowest BCUT2D eigenvalue weighted by Gasteiger charge is -1.96. The van der Waals surface area contributed by atoms with Crippen molar-refractivity contribution in [2.75, 3.05) is 0 Å². The van der Waals surface area contributed by atoms with Crippen molar-refractivity contribution < 1.29 is 15.0 Å². The van der Waals surface area contributed by atoms with Gasteiger partial charge >= 0.3 is 5.97 Å². The van der Waals surface area contributed by atoms with Crippen LogP contribution in [-0.2, 0) is 4.79 Å². The molecule has 0 aliphatic heterocycles. The summed E-state index contributed by atoms with van der Waals surface area (Å²) < 4.78 is 0. The van der Waals surface area contributed by atoms with Crippen molar-refractivity contribution in [3.05, 3.63) is 34.9 Å². The zero-order valence-corrected chi connectivity index (χ0v) is 8.03. The maximum absolute atomic E-state index is 10.2. The molecule has 0 saturated heterocycles. The first kappa shape index (κ1) is 10.6. The lowest BCUT2D eigenvalue weighted by atomic mass is 10.2. The Kier molecular flexibility index (Phi) is 3.54. The fourth-order valence-electron chi connectivity index (χ4n) is 0.988. The van der Waals surface area contributed by atoms with Crippen molar-refractivity contribution in [3.8, 4) is 5.75 Å². The van der Waals surface area contributed by atoms with Gasteiger partial charge in [-0.25, -0.2) is 0 Å². The normalized spacial score (nSPS) is 10.6. The number of hydrogen-bond donors (Lipinski definition) is 2. The van der Waals surface area contributed by atoms with E-state index in [0.717, 1.165) is 0 Å². The number of halogens is 1. The van der Waals surface area contributed by atoms with Gasteiger partial charge in [0.1, 0.15) is 5.75 Å². The van der Waals surface area contributed by atoms with E-state index in [1.54, 1.807) is 12.1 Å². The van der Waals surface area contributed by atoms with Crippen molar-refractivity contribution >= 4 is 23.6 Å². The predicted octanol–water partition coefficient (Wildman–Crippen LogP) is 2.53. The van der Waals surface area contributed by atoms with Crippen LogP contribution in [0, 0.1) is 0 Å². The molecule has 0 spiro atoms. The van der Waals surface area contributed by atoms with Crippen molar-refractivity contribution in [3.63, 3.8) is 0 Å². The SMILES string of the molecule is O=C(O)CC=Cc1cc(O)cc(Cl)c1. The molecule has 14 heavy (non-hydrogen) atoms. The molecule has 2 N–H and O–H groups in total. The molecule has 1 aromatic carbocycles. The molecule has 74 valence electrons. The maximum Gasteiger partial charge on any atom is 0.307 e. The summed E-state index contributed by atoms with van der Waals surface area (Å²) in [7, 11) is 0. The van der Waals surface area contributed by atoms with Gasteiger partial charge in [0.2, 0.25) is 0 Å². The highest BCUT2D eigenvalue weighted by Gasteiger charge is 1.95. The summed E-state index contributed by atoms with van der Waals surface area (Å²) >= 11 is 5.68. The third-order valence-corrected chi connectivity index (χ3v) is 1.73. The Bertz CT molecular complexity index is 351. The quantitative estimate of drug-likeness (QED) is 0.810. The molecule has 0 heterocycles. The van der Waals surface area contributed by atoms with E-state index in [2.05, 4.69) is 0 Å². The van der Waals surface area contributed by atoms with E-state index in [1.807, 2.05) is 0 Å². The lowest BCUT2D eigenvalue weighted by molar-refractivity contribution is -0.135. The number of aliphatic carboxylic acids is 1. The average Bonchev–Trinajstić information content (AvgIpc) is 2.01. The molecule has 4 heteroatoms. The number of benzene rings is 1. The topological polar surface area (TPSA) is 57.5 Å². The Morgan fingerprint density at radius 1 is 1.43 bits per heavy atom. The van der Waals surface area contributed by atoms with Gasteiger partial charge in [0, 0.05) is 5.02 Å². The molecule has 0 aromatic heterocycles. The summed E-state index contributed by atoms with van der Waals surface area (Å²) in [6.07, 6.45) is 3.04. The van der Waals surface area contributed by atoms with Crippen LogP contribution in [-0.4, -0.2) is 16.2 Å². The molecule has 1 rings (SSSR count). The van der Waals surface area contributed by atoms with Gasteiger partial charge in [0.25, 0.3) is 0 Å². The largest absolute Gasteiger partial charge is 0.508 e. The van der Waals surface area contributed by atoms with Crippen LogP contribution < -0.4 is 0 Å². The monoisotopic (exact) mass is 212 g/mol. The van der Waals surface area contributed by atoms with E-state index < -0.39 is 5.97 Å². The highest BCUT2D eigenvalue weighted by atomic mass is 35.5. The second-order valence-corrected chi connectivity index (χ2v) is 3.18. The van der Waals surface area contributed by atoms with Gasteiger partial charge in [0.15, 0.2) is 0 Å². The molecule has 0 atom stereocenters. The van der Waals surface area contributed by atoms with E-state index in [0.29, 0.717) is 10.6 Å². The molecular formula is C10H9ClO3. The Hall–Kier alpha value is -1.48. The van der Waals surface area contributed by atoms with Gasteiger partial charge in [-0.15, -0.1) is 0 Å². The Morgan fingerprint density at radius 2 is 2.14 bits per heavy atom. The fraction of sp³-hybridized carbons (Fsp3) is 0.100. The van der Waals surface area contributed by atoms with Crippen LogP contribution in [0.3, 0.4) is 0 Å². The summed E-state index contributed by atoms with van der Waals surface area (Å²) in [4.78, 5) is 10.2. The summed E-state index contributed by atoms with van der Waals surface area (Å²) in [5, 5.41) is 18.0. The molecule has 1 aromatic rings. The van der Waals surface area contributed by atoms with Gasteiger partial charge in [-0.05, 0) is 23.8 Å². The molecule has 3 nitrogen and oxygen atoms in total. The van der Waals surface area contributed by atoms with Crippen molar-refractivity contribution in [2.24, 2.45) is 0 Å². The summed E-state index contributed by atoms with van der Waals surface area (Å²) in [5.41, 5.74) is 0.677. The van der Waals surface area contributed by atoms with Crippen LogP contribution >= 0.6 is 11.6 Å². The number of carbonyl (C=O) groups is 1. The summed E-state index contributed by atoms with van der Waals surface area (Å²) in [6.45, 7) is 0. The van der Waals surface area contributed by atoms with E-state index >= 15 is 0 Å². The van der Waals surface area contributed by atoms with Crippen LogP contribution in [0.5, 0.6) is 5.75 Å². The minimum atomic E-state index is -0.896. The maximum atomic E-state index is 10.2. The Morgan fingerprint density at radius 3 is 2.71 bits per heavy atom. The number of phenolic OH excluding ortho intramolecular Hbond substituents is 1. The summed E-state index contributed by atoms with van der Waals surface area (Å²) in [5.74, 6) is -0.833. The van der Waals surface area contributed by atoms with Crippen molar-refractivity contribution in [1.29, 1.82) is 0 Å². The van der Waals surface area contributed by atoms with Gasteiger partial charge < -0.3 is 10.2 Å². The highest BCUT2D eigenvalue weighted by molar-refractivity contribution is 6.30. The summed E-state index contributed by atoms with van der Waals surface area (Å²) in [6, 6.07) is 4.56. The number of aromatic hydroxyl groups is 1. The van der Waals surface area contributed by atoms with E-state index in [9.17, 15) is 4.79 Å². The zero-order valence-electron chi connectivity index (χ0n) is 7.27. The number of carboxylic acids is 1. The smallest absolute Gasteiger partial charge is 0.307 e. The van der Waals surface area contributed by atoms with Gasteiger partial charge in [0.05, 0.1) is 6.42 Å². The predicted molar refractivity (Wildman–Crippen MR) is 54.4 cm³/mol. The van der Waals surface area contributed by atoms with E-state index in [-0.39, 0.29) is 12.2 Å². The Labute approximate surface area is 86.3 Å². The number of rotatable bonds is 3. The minimum Gasteiger partial charge on any atom is -0.508 e. The Balaban J connectivity index is 2.76. The molecule has 0 aliphatic carbocycles. The lowest BCUT2D eigenvalue weighted by Crippen LogP contribution is -1.89. The van der Waals surface area contributed by atoms with Gasteiger partial charge in [-0.3, -0.25) is 4.79 Å². The van der Waals surface area contributed by atoms with Crippen LogP contribution in [0.4, 0.5) is 0 Å². The van der Waals surface area contributed by atoms with Crippen molar-refractivity contribution in [1.82, 2.24) is 0 Å². The first-order valence-electron chi connectivity index (χ1n) is 3.96. The third-order valence-electron chi connectivity index (χ3n) is 1.51. The molecule has 0 amide bonds. The third kappa shape index (κ3) is 3.49. The molecule has 0 saturated carbocycles. The zero-order chi connectivity index (χ0) is 10.6. The van der Waals surface area contributed by atoms with Crippen LogP contribution in [0.1, 0.15) is 12.0 Å². The molecule has 0 radical (unpaired) electrons. The van der Waals surface area contributed by atoms with Gasteiger partial charge in [-0.2, -0.15) is 0 Å². The number of hydrogen-bond acceptors (Lipinski definition) is 2. The number of phenols is 1. The molecule has 0 unspecified atom stereocenters. The molecular weight excluding hydrogens is 204 g/mol. The van der Waals surface area contributed by atoms with Crippen molar-refractivity contribution in [2.45, 2.75) is 6.42 Å². The van der Waals surface area contributed by atoms with Crippen LogP contribution in [0.25, 0.3) is 6.08 Å². The van der Waals surface area contributed by atoms with Crippen LogP contribution in [0.15, 0.2) is 24.3 Å². The minimum absolute atomic E-state index is 0.0483. The fourth-order valence-corrected chi connectivity index (χ4v) is 1.23. The van der Waals surface area contributed by atoms with E-state index in [4.69, 9.17) is 21.8 Å². The second kappa shape index (κ2) is 4.67. The first-order chi connectivity index (χ1) is 6.58.